The highest BCUT2D eigenvalue weighted by Crippen LogP contribution is 2.19. The average Bonchev–Trinajstić information content (AvgIpc) is 2.64. The van der Waals surface area contributed by atoms with Crippen LogP contribution in [0.25, 0.3) is 0 Å². The van der Waals surface area contributed by atoms with Crippen molar-refractivity contribution in [3.8, 4) is 0 Å². The molecular weight excluding hydrogens is 350 g/mol. The number of halogens is 2. The Bertz CT molecular complexity index is 963. The van der Waals surface area contributed by atoms with Gasteiger partial charge in [0.2, 0.25) is 5.95 Å². The van der Waals surface area contributed by atoms with Gasteiger partial charge in [-0.3, -0.25) is 4.79 Å². The Morgan fingerprint density at radius 3 is 2.48 bits per heavy atom. The molecule has 3 rings (SSSR count). The number of nitrogens with one attached hydrogen (secondary N) is 2. The van der Waals surface area contributed by atoms with Crippen LogP contribution in [-0.2, 0) is 0 Å². The maximum atomic E-state index is 13.7. The second kappa shape index (κ2) is 7.90. The van der Waals surface area contributed by atoms with E-state index in [0.29, 0.717) is 11.8 Å². The topological polar surface area (TPSA) is 66.9 Å². The van der Waals surface area contributed by atoms with E-state index in [1.165, 1.54) is 6.07 Å². The van der Waals surface area contributed by atoms with Gasteiger partial charge in [-0.2, -0.15) is 0 Å². The predicted molar refractivity (Wildman–Crippen MR) is 99.6 cm³/mol. The third-order valence-corrected chi connectivity index (χ3v) is 3.91. The molecule has 0 aliphatic carbocycles. The van der Waals surface area contributed by atoms with Crippen LogP contribution in [0.2, 0.25) is 0 Å². The van der Waals surface area contributed by atoms with Gasteiger partial charge in [0, 0.05) is 11.8 Å². The van der Waals surface area contributed by atoms with Gasteiger partial charge in [-0.05, 0) is 37.6 Å². The molecule has 0 radical (unpaired) electrons. The van der Waals surface area contributed by atoms with Crippen LogP contribution in [0.15, 0.2) is 54.6 Å². The lowest BCUT2D eigenvalue weighted by atomic mass is 10.1. The molecular formula is C20H18F2N4O. The summed E-state index contributed by atoms with van der Waals surface area (Å²) in [6, 6.07) is 14.1. The first kappa shape index (κ1) is 18.4. The van der Waals surface area contributed by atoms with E-state index in [1.807, 2.05) is 37.3 Å². The Balaban J connectivity index is 1.79. The molecule has 0 spiro atoms. The van der Waals surface area contributed by atoms with Crippen molar-refractivity contribution in [2.45, 2.75) is 19.9 Å². The zero-order chi connectivity index (χ0) is 19.4. The fraction of sp³-hybridized carbons (Fsp3) is 0.150. The minimum Gasteiger partial charge on any atom is -0.348 e. The van der Waals surface area contributed by atoms with Crippen molar-refractivity contribution >= 4 is 17.5 Å². The Morgan fingerprint density at radius 1 is 1.04 bits per heavy atom. The molecule has 2 aromatic carbocycles. The van der Waals surface area contributed by atoms with Crippen molar-refractivity contribution in [1.82, 2.24) is 9.97 Å². The van der Waals surface area contributed by atoms with Crippen molar-refractivity contribution in [2.75, 3.05) is 10.6 Å². The minimum atomic E-state index is -0.856. The Hall–Kier alpha value is -3.35. The van der Waals surface area contributed by atoms with E-state index in [0.717, 1.165) is 17.7 Å². The predicted octanol–water partition coefficient (Wildman–Crippen LogP) is 4.49. The van der Waals surface area contributed by atoms with E-state index in [1.54, 1.807) is 6.92 Å². The molecule has 0 aliphatic heterocycles. The summed E-state index contributed by atoms with van der Waals surface area (Å²) in [4.78, 5) is 20.9. The monoisotopic (exact) mass is 368 g/mol. The number of hydrogen-bond donors (Lipinski definition) is 2. The first-order valence-corrected chi connectivity index (χ1v) is 8.36. The molecule has 0 fully saturated rings. The number of rotatable bonds is 5. The second-order valence-electron chi connectivity index (χ2n) is 6.07. The van der Waals surface area contributed by atoms with Crippen LogP contribution in [0.3, 0.4) is 0 Å². The number of anilines is 2. The van der Waals surface area contributed by atoms with Crippen LogP contribution in [0, 0.1) is 18.6 Å². The summed E-state index contributed by atoms with van der Waals surface area (Å²) in [5.74, 6) is -1.90. The molecule has 138 valence electrons. The maximum absolute atomic E-state index is 13.7. The van der Waals surface area contributed by atoms with E-state index in [2.05, 4.69) is 20.6 Å². The van der Waals surface area contributed by atoms with Gasteiger partial charge < -0.3 is 10.6 Å². The van der Waals surface area contributed by atoms with Gasteiger partial charge in [0.1, 0.15) is 17.3 Å². The van der Waals surface area contributed by atoms with Crippen molar-refractivity contribution in [3.63, 3.8) is 0 Å². The first-order chi connectivity index (χ1) is 12.9. The molecule has 1 atom stereocenters. The van der Waals surface area contributed by atoms with Crippen LogP contribution in [0.1, 0.15) is 34.7 Å². The number of benzene rings is 2. The van der Waals surface area contributed by atoms with Crippen molar-refractivity contribution in [1.29, 1.82) is 0 Å². The molecule has 1 amide bonds. The van der Waals surface area contributed by atoms with Crippen molar-refractivity contribution in [2.24, 2.45) is 0 Å². The van der Waals surface area contributed by atoms with Gasteiger partial charge in [-0.25, -0.2) is 18.7 Å². The summed E-state index contributed by atoms with van der Waals surface area (Å²) in [6.45, 7) is 3.68. The van der Waals surface area contributed by atoms with E-state index >= 15 is 0 Å². The number of carbonyl (C=O) groups is 1. The molecule has 0 saturated heterocycles. The largest absolute Gasteiger partial charge is 0.348 e. The van der Waals surface area contributed by atoms with Crippen LogP contribution in [-0.4, -0.2) is 15.9 Å². The second-order valence-corrected chi connectivity index (χ2v) is 6.07. The van der Waals surface area contributed by atoms with Crippen molar-refractivity contribution < 1.29 is 13.6 Å². The molecule has 1 unspecified atom stereocenters. The zero-order valence-corrected chi connectivity index (χ0v) is 14.8. The Morgan fingerprint density at radius 2 is 1.78 bits per heavy atom. The number of hydrogen-bond acceptors (Lipinski definition) is 4. The van der Waals surface area contributed by atoms with Crippen LogP contribution in [0.5, 0.6) is 0 Å². The van der Waals surface area contributed by atoms with Crippen molar-refractivity contribution in [3.05, 3.63) is 83.2 Å². The molecule has 0 bridgehead atoms. The Labute approximate surface area is 155 Å². The lowest BCUT2D eigenvalue weighted by Crippen LogP contribution is -2.17. The van der Waals surface area contributed by atoms with E-state index in [9.17, 15) is 13.6 Å². The summed E-state index contributed by atoms with van der Waals surface area (Å²) < 4.78 is 26.7. The van der Waals surface area contributed by atoms with Crippen LogP contribution >= 0.6 is 0 Å². The van der Waals surface area contributed by atoms with E-state index < -0.39 is 17.5 Å². The lowest BCUT2D eigenvalue weighted by Gasteiger charge is -2.15. The maximum Gasteiger partial charge on any atom is 0.274 e. The molecule has 0 aliphatic rings. The molecule has 5 nitrogen and oxygen atoms in total. The summed E-state index contributed by atoms with van der Waals surface area (Å²) in [6.07, 6.45) is 0. The van der Waals surface area contributed by atoms with E-state index in [-0.39, 0.29) is 23.4 Å². The highest BCUT2D eigenvalue weighted by molar-refractivity contribution is 6.03. The summed E-state index contributed by atoms with van der Waals surface area (Å²) >= 11 is 0. The molecule has 2 N–H and O–H groups in total. The van der Waals surface area contributed by atoms with Crippen LogP contribution in [0.4, 0.5) is 20.4 Å². The molecule has 1 aromatic heterocycles. The van der Waals surface area contributed by atoms with Gasteiger partial charge >= 0.3 is 0 Å². The fourth-order valence-corrected chi connectivity index (χ4v) is 2.55. The number of amides is 1. The molecule has 1 heterocycles. The molecule has 7 heteroatoms. The van der Waals surface area contributed by atoms with Gasteiger partial charge in [0.15, 0.2) is 0 Å². The third kappa shape index (κ3) is 4.63. The van der Waals surface area contributed by atoms with Gasteiger partial charge in [0.05, 0.1) is 11.7 Å². The highest BCUT2D eigenvalue weighted by atomic mass is 19.1. The average molecular weight is 368 g/mol. The zero-order valence-electron chi connectivity index (χ0n) is 14.8. The number of aryl methyl sites for hydroxylation is 1. The van der Waals surface area contributed by atoms with Gasteiger partial charge in [-0.15, -0.1) is 0 Å². The number of carbonyl (C=O) groups excluding carboxylic acids is 1. The number of aromatic nitrogens is 2. The summed E-state index contributed by atoms with van der Waals surface area (Å²) in [5.41, 5.74) is 1.58. The van der Waals surface area contributed by atoms with Gasteiger partial charge in [0.25, 0.3) is 5.91 Å². The van der Waals surface area contributed by atoms with Crippen LogP contribution < -0.4 is 10.6 Å². The quantitative estimate of drug-likeness (QED) is 0.696. The standard InChI is InChI=1S/C20H18F2N4O/c1-12-10-18(19(27)25-17-9-8-15(21)11-16(17)22)26-20(23-12)24-13(2)14-6-4-3-5-7-14/h3-11,13H,1-2H3,(H,25,27)(H,23,24,26). The summed E-state index contributed by atoms with van der Waals surface area (Å²) in [7, 11) is 0. The lowest BCUT2D eigenvalue weighted by molar-refractivity contribution is 0.102. The Kier molecular flexibility index (Phi) is 5.40. The minimum absolute atomic E-state index is 0.0709. The highest BCUT2D eigenvalue weighted by Gasteiger charge is 2.15. The first-order valence-electron chi connectivity index (χ1n) is 8.36. The number of nitrogens with zero attached hydrogens (tertiary/aromatic N) is 2. The third-order valence-electron chi connectivity index (χ3n) is 3.91. The molecule has 0 saturated carbocycles. The fourth-order valence-electron chi connectivity index (χ4n) is 2.55. The molecule has 27 heavy (non-hydrogen) atoms. The summed E-state index contributed by atoms with van der Waals surface area (Å²) in [5, 5.41) is 5.55. The molecule has 3 aromatic rings. The smallest absolute Gasteiger partial charge is 0.274 e. The van der Waals surface area contributed by atoms with Gasteiger partial charge in [-0.1, -0.05) is 30.3 Å². The SMILES string of the molecule is Cc1cc(C(=O)Nc2ccc(F)cc2F)nc(NC(C)c2ccccc2)n1. The normalized spacial score (nSPS) is 11.7. The van der Waals surface area contributed by atoms with E-state index in [4.69, 9.17) is 0 Å².